The van der Waals surface area contributed by atoms with Gasteiger partial charge in [0, 0.05) is 11.6 Å². The van der Waals surface area contributed by atoms with E-state index in [9.17, 15) is 14.7 Å². The van der Waals surface area contributed by atoms with Crippen LogP contribution in [-0.2, 0) is 9.59 Å². The number of amides is 1. The van der Waals surface area contributed by atoms with Crippen LogP contribution in [0.5, 0.6) is 11.5 Å². The zero-order chi connectivity index (χ0) is 19.3. The van der Waals surface area contributed by atoms with E-state index in [1.54, 1.807) is 31.4 Å². The van der Waals surface area contributed by atoms with Crippen molar-refractivity contribution in [2.45, 2.75) is 12.5 Å². The van der Waals surface area contributed by atoms with Gasteiger partial charge in [-0.2, -0.15) is 11.8 Å². The lowest BCUT2D eigenvalue weighted by molar-refractivity contribution is -0.310. The van der Waals surface area contributed by atoms with E-state index in [0.29, 0.717) is 27.7 Å². The van der Waals surface area contributed by atoms with Gasteiger partial charge in [0.25, 0.3) is 5.91 Å². The number of aliphatic carboxylic acids is 1. The van der Waals surface area contributed by atoms with Crippen molar-refractivity contribution in [1.29, 1.82) is 0 Å². The molecule has 1 aromatic carbocycles. The Balaban J connectivity index is 2.33. The van der Waals surface area contributed by atoms with Gasteiger partial charge in [-0.15, -0.1) is 0 Å². The number of carbonyl (C=O) groups excluding carboxylic acids is 2. The Morgan fingerprint density at radius 3 is 2.73 bits per heavy atom. The lowest BCUT2D eigenvalue weighted by Crippen LogP contribution is -2.50. The summed E-state index contributed by atoms with van der Waals surface area (Å²) in [6.45, 7) is 0. The molecule has 1 amide bonds. The van der Waals surface area contributed by atoms with Crippen molar-refractivity contribution in [2.24, 2.45) is 0 Å². The van der Waals surface area contributed by atoms with Crippen LogP contribution >= 0.6 is 35.7 Å². The van der Waals surface area contributed by atoms with E-state index < -0.39 is 17.9 Å². The maximum Gasteiger partial charge on any atom is 0.266 e. The fourth-order valence-electron chi connectivity index (χ4n) is 2.41. The predicted octanol–water partition coefficient (Wildman–Crippen LogP) is 1.78. The van der Waals surface area contributed by atoms with Crippen molar-refractivity contribution >= 4 is 58.0 Å². The summed E-state index contributed by atoms with van der Waals surface area (Å²) in [7, 11) is 3.07. The molecule has 1 heterocycles. The largest absolute Gasteiger partial charge is 0.548 e. The smallest absolute Gasteiger partial charge is 0.266 e. The molecule has 0 N–H and O–H groups in total. The van der Waals surface area contributed by atoms with Gasteiger partial charge in [-0.3, -0.25) is 9.69 Å². The number of ether oxygens (including phenoxy) is 2. The minimum Gasteiger partial charge on any atom is -0.548 e. The maximum atomic E-state index is 12.7. The number of rotatable bonds is 8. The summed E-state index contributed by atoms with van der Waals surface area (Å²) in [5, 5.41) is 11.5. The first-order chi connectivity index (χ1) is 12.4. The van der Waals surface area contributed by atoms with Gasteiger partial charge in [0.15, 0.2) is 0 Å². The minimum atomic E-state index is -1.31. The SMILES string of the molecule is COc1ccc(/C=C2/SC(=S)N([C@@H](CCSC)C(=O)[O-])C2=O)c(OC)c1. The number of hydrogen-bond acceptors (Lipinski definition) is 8. The Labute approximate surface area is 165 Å². The van der Waals surface area contributed by atoms with Crippen LogP contribution in [0.1, 0.15) is 12.0 Å². The molecule has 0 spiro atoms. The number of thiocarbonyl (C=S) groups is 1. The van der Waals surface area contributed by atoms with Gasteiger partial charge >= 0.3 is 0 Å². The summed E-state index contributed by atoms with van der Waals surface area (Å²) in [6, 6.07) is 4.14. The van der Waals surface area contributed by atoms with E-state index in [-0.39, 0.29) is 10.7 Å². The quantitative estimate of drug-likeness (QED) is 0.472. The third kappa shape index (κ3) is 4.52. The summed E-state index contributed by atoms with van der Waals surface area (Å²) >= 11 is 7.80. The first-order valence-corrected chi connectivity index (χ1v) is 10.2. The zero-order valence-corrected chi connectivity index (χ0v) is 17.0. The molecule has 0 aromatic heterocycles. The Morgan fingerprint density at radius 1 is 1.42 bits per heavy atom. The van der Waals surface area contributed by atoms with Crippen molar-refractivity contribution < 1.29 is 24.2 Å². The second-order valence-corrected chi connectivity index (χ2v) is 7.94. The molecule has 1 atom stereocenters. The van der Waals surface area contributed by atoms with Gasteiger partial charge in [0.2, 0.25) is 0 Å². The monoisotopic (exact) mass is 412 g/mol. The van der Waals surface area contributed by atoms with Gasteiger partial charge in [0.1, 0.15) is 15.8 Å². The predicted molar refractivity (Wildman–Crippen MR) is 106 cm³/mol. The van der Waals surface area contributed by atoms with Crippen molar-refractivity contribution in [2.75, 3.05) is 26.2 Å². The summed E-state index contributed by atoms with van der Waals surface area (Å²) < 4.78 is 10.7. The van der Waals surface area contributed by atoms with E-state index in [0.717, 1.165) is 16.7 Å². The molecule has 9 heteroatoms. The van der Waals surface area contributed by atoms with E-state index >= 15 is 0 Å². The average molecular weight is 413 g/mol. The Morgan fingerprint density at radius 2 is 2.15 bits per heavy atom. The van der Waals surface area contributed by atoms with Crippen LogP contribution in [0, 0.1) is 0 Å². The number of thioether (sulfide) groups is 2. The summed E-state index contributed by atoms with van der Waals surface area (Å²) in [4.78, 5) is 25.7. The van der Waals surface area contributed by atoms with Gasteiger partial charge in [-0.25, -0.2) is 0 Å². The lowest BCUT2D eigenvalue weighted by atomic mass is 10.1. The zero-order valence-electron chi connectivity index (χ0n) is 14.5. The minimum absolute atomic E-state index is 0.212. The second kappa shape index (κ2) is 9.29. The normalized spacial score (nSPS) is 16.9. The van der Waals surface area contributed by atoms with Crippen molar-refractivity contribution in [3.8, 4) is 11.5 Å². The summed E-state index contributed by atoms with van der Waals surface area (Å²) in [6.07, 6.45) is 3.78. The number of carboxylic acids is 1. The highest BCUT2D eigenvalue weighted by Gasteiger charge is 2.37. The van der Waals surface area contributed by atoms with Gasteiger partial charge < -0.3 is 19.4 Å². The Bertz CT molecular complexity index is 750. The topological polar surface area (TPSA) is 78.9 Å². The number of carbonyl (C=O) groups is 2. The first kappa shape index (κ1) is 20.6. The molecule has 1 aliphatic heterocycles. The molecule has 0 saturated carbocycles. The molecule has 140 valence electrons. The highest BCUT2D eigenvalue weighted by atomic mass is 32.2. The summed E-state index contributed by atoms with van der Waals surface area (Å²) in [5.41, 5.74) is 0.669. The number of benzene rings is 1. The molecule has 0 aliphatic carbocycles. The van der Waals surface area contributed by atoms with Crippen molar-refractivity contribution in [3.05, 3.63) is 28.7 Å². The Hall–Kier alpha value is -1.71. The molecular formula is C17H18NO5S3-. The molecule has 0 radical (unpaired) electrons. The third-order valence-electron chi connectivity index (χ3n) is 3.73. The second-order valence-electron chi connectivity index (χ2n) is 5.28. The van der Waals surface area contributed by atoms with Crippen LogP contribution in [0.25, 0.3) is 6.08 Å². The third-order valence-corrected chi connectivity index (χ3v) is 5.70. The summed E-state index contributed by atoms with van der Waals surface area (Å²) in [5.74, 6) is 0.00187. The molecule has 0 bridgehead atoms. The van der Waals surface area contributed by atoms with E-state index in [4.69, 9.17) is 21.7 Å². The van der Waals surface area contributed by atoms with Crippen LogP contribution in [0.15, 0.2) is 23.1 Å². The molecule has 2 rings (SSSR count). The standard InChI is InChI=1S/C17H19NO5S3/c1-22-11-5-4-10(13(9-11)23-2)8-14-15(19)18(17(24)26-14)12(16(20)21)6-7-25-3/h4-5,8-9,12H,6-7H2,1-3H3,(H,20,21)/p-1/b14-8+/t12-/m0/s1. The molecule has 0 unspecified atom stereocenters. The number of nitrogens with zero attached hydrogens (tertiary/aromatic N) is 1. The first-order valence-electron chi connectivity index (χ1n) is 7.61. The molecule has 1 fully saturated rings. The fraction of sp³-hybridized carbons (Fsp3) is 0.353. The van der Waals surface area contributed by atoms with Crippen LogP contribution in [0.2, 0.25) is 0 Å². The van der Waals surface area contributed by atoms with Gasteiger partial charge in [-0.1, -0.05) is 24.0 Å². The average Bonchev–Trinajstić information content (AvgIpc) is 2.89. The highest BCUT2D eigenvalue weighted by Crippen LogP contribution is 2.36. The Kier molecular flexibility index (Phi) is 7.36. The van der Waals surface area contributed by atoms with Crippen LogP contribution in [-0.4, -0.2) is 53.4 Å². The maximum absolute atomic E-state index is 12.7. The number of hydrogen-bond donors (Lipinski definition) is 0. The van der Waals surface area contributed by atoms with E-state index in [1.807, 2.05) is 6.26 Å². The number of carboxylic acid groups (broad SMARTS) is 1. The van der Waals surface area contributed by atoms with Crippen LogP contribution in [0.4, 0.5) is 0 Å². The van der Waals surface area contributed by atoms with Crippen molar-refractivity contribution in [1.82, 2.24) is 4.90 Å². The van der Waals surface area contributed by atoms with Crippen LogP contribution in [0.3, 0.4) is 0 Å². The molecule has 6 nitrogen and oxygen atoms in total. The van der Waals surface area contributed by atoms with Gasteiger partial charge in [0.05, 0.1) is 31.1 Å². The van der Waals surface area contributed by atoms with E-state index in [1.165, 1.54) is 18.9 Å². The molecule has 1 aliphatic rings. The molecule has 1 saturated heterocycles. The molecule has 1 aromatic rings. The lowest BCUT2D eigenvalue weighted by Gasteiger charge is -2.27. The number of methoxy groups -OCH3 is 2. The molecular weight excluding hydrogens is 394 g/mol. The fourth-order valence-corrected chi connectivity index (χ4v) is 4.22. The highest BCUT2D eigenvalue weighted by molar-refractivity contribution is 8.26. The van der Waals surface area contributed by atoms with Crippen molar-refractivity contribution in [3.63, 3.8) is 0 Å². The van der Waals surface area contributed by atoms with Crippen LogP contribution < -0.4 is 14.6 Å². The molecule has 26 heavy (non-hydrogen) atoms. The van der Waals surface area contributed by atoms with E-state index in [2.05, 4.69) is 0 Å². The van der Waals surface area contributed by atoms with Gasteiger partial charge in [-0.05, 0) is 36.6 Å².